The number of benzene rings is 1. The number of carbonyl (C=O) groups is 2. The summed E-state index contributed by atoms with van der Waals surface area (Å²) in [4.78, 5) is 30.3. The normalized spacial score (nSPS) is 26.6. The largest absolute Gasteiger partial charge is 0.416 e. The first-order valence-corrected chi connectivity index (χ1v) is 9.30. The smallest absolute Gasteiger partial charge is 0.399 e. The molecule has 27 heavy (non-hydrogen) atoms. The molecule has 1 amide bonds. The minimum Gasteiger partial charge on any atom is -0.416 e. The number of rotatable bonds is 5. The molecule has 2 aromatic rings. The number of nitrogens with zero attached hydrogens (tertiary/aromatic N) is 2. The number of ether oxygens (including phenoxy) is 1. The van der Waals surface area contributed by atoms with Gasteiger partial charge in [0.2, 0.25) is 0 Å². The Morgan fingerprint density at radius 3 is 2.52 bits per heavy atom. The number of oxazole rings is 1. The Kier molecular flexibility index (Phi) is 4.70. The van der Waals surface area contributed by atoms with E-state index in [1.54, 1.807) is 24.3 Å². The van der Waals surface area contributed by atoms with E-state index < -0.39 is 0 Å². The van der Waals surface area contributed by atoms with Crippen LogP contribution >= 0.6 is 0 Å². The van der Waals surface area contributed by atoms with Gasteiger partial charge in [0.1, 0.15) is 17.7 Å². The summed E-state index contributed by atoms with van der Waals surface area (Å²) < 4.78 is 10.6. The number of hydrogen-bond donors (Lipinski definition) is 1. The third-order valence-electron chi connectivity index (χ3n) is 5.64. The van der Waals surface area contributed by atoms with Crippen LogP contribution in [0.3, 0.4) is 0 Å². The summed E-state index contributed by atoms with van der Waals surface area (Å²) in [6.45, 7) is 5.87. The average Bonchev–Trinajstić information content (AvgIpc) is 3.14. The molecule has 142 valence electrons. The molecule has 0 unspecified atom stereocenters. The van der Waals surface area contributed by atoms with Gasteiger partial charge in [-0.15, -0.1) is 0 Å². The maximum absolute atomic E-state index is 12.6. The number of nitrogens with one attached hydrogen (secondary N) is 1. The van der Waals surface area contributed by atoms with Crippen LogP contribution in [-0.2, 0) is 0 Å². The topological polar surface area (TPSA) is 84.7 Å². The Labute approximate surface area is 157 Å². The molecular weight excluding hydrogens is 346 g/mol. The van der Waals surface area contributed by atoms with Gasteiger partial charge in [-0.25, -0.2) is 0 Å². The number of fused-ring (bicyclic) bond motifs is 3. The zero-order valence-corrected chi connectivity index (χ0v) is 15.5. The SMILES string of the molecule is CC(=O)c1coc(Oc2ccc(C(=O)N[C@@H]3C4CCN(CC4)[C@H]3C)cc2)n1. The van der Waals surface area contributed by atoms with Crippen molar-refractivity contribution in [2.75, 3.05) is 13.1 Å². The lowest BCUT2D eigenvalue weighted by molar-refractivity contribution is 0.0217. The highest BCUT2D eigenvalue weighted by Gasteiger charge is 2.40. The summed E-state index contributed by atoms with van der Waals surface area (Å²) in [5, 5.41) is 3.21. The highest BCUT2D eigenvalue weighted by molar-refractivity contribution is 5.94. The van der Waals surface area contributed by atoms with Crippen molar-refractivity contribution in [3.8, 4) is 11.8 Å². The van der Waals surface area contributed by atoms with Crippen molar-refractivity contribution in [1.29, 1.82) is 0 Å². The van der Waals surface area contributed by atoms with Crippen LogP contribution in [0.2, 0.25) is 0 Å². The van der Waals surface area contributed by atoms with Crippen molar-refractivity contribution in [2.24, 2.45) is 5.92 Å². The summed E-state index contributed by atoms with van der Waals surface area (Å²) in [5.74, 6) is 0.793. The van der Waals surface area contributed by atoms with Gasteiger partial charge >= 0.3 is 6.08 Å². The summed E-state index contributed by atoms with van der Waals surface area (Å²) >= 11 is 0. The van der Waals surface area contributed by atoms with Crippen molar-refractivity contribution < 1.29 is 18.7 Å². The molecule has 4 heterocycles. The first-order valence-electron chi connectivity index (χ1n) is 9.30. The highest BCUT2D eigenvalue weighted by Crippen LogP contribution is 2.32. The molecule has 5 rings (SSSR count). The predicted octanol–water partition coefficient (Wildman–Crippen LogP) is 2.88. The van der Waals surface area contributed by atoms with Gasteiger partial charge in [0.25, 0.3) is 5.91 Å². The van der Waals surface area contributed by atoms with E-state index in [0.717, 1.165) is 25.9 Å². The van der Waals surface area contributed by atoms with Crippen LogP contribution in [0, 0.1) is 5.92 Å². The van der Waals surface area contributed by atoms with Crippen molar-refractivity contribution in [3.63, 3.8) is 0 Å². The standard InChI is InChI=1S/C20H23N3O4/c1-12-18(14-7-9-23(12)10-8-14)22-19(25)15-3-5-16(6-4-15)27-20-21-17(11-26-20)13(2)24/h3-6,11-12,14,18H,7-10H2,1-2H3,(H,22,25)/t12-,18-/m0/s1. The Morgan fingerprint density at radius 2 is 1.93 bits per heavy atom. The highest BCUT2D eigenvalue weighted by atomic mass is 16.6. The monoisotopic (exact) mass is 369 g/mol. The third-order valence-corrected chi connectivity index (χ3v) is 5.64. The molecule has 2 bridgehead atoms. The van der Waals surface area contributed by atoms with E-state index in [-0.39, 0.29) is 29.5 Å². The summed E-state index contributed by atoms with van der Waals surface area (Å²) in [6.07, 6.45) is 3.56. The molecule has 3 saturated heterocycles. The summed E-state index contributed by atoms with van der Waals surface area (Å²) in [6, 6.07) is 7.38. The van der Waals surface area contributed by atoms with Crippen molar-refractivity contribution in [3.05, 3.63) is 41.8 Å². The van der Waals surface area contributed by atoms with Crippen LogP contribution < -0.4 is 10.1 Å². The van der Waals surface area contributed by atoms with E-state index in [1.807, 2.05) is 0 Å². The number of amides is 1. The molecule has 0 radical (unpaired) electrons. The number of piperidine rings is 3. The lowest BCUT2D eigenvalue weighted by Crippen LogP contribution is -2.62. The fourth-order valence-corrected chi connectivity index (χ4v) is 4.02. The molecule has 3 fully saturated rings. The maximum atomic E-state index is 12.6. The zero-order valence-electron chi connectivity index (χ0n) is 15.5. The number of hydrogen-bond acceptors (Lipinski definition) is 6. The molecule has 7 nitrogen and oxygen atoms in total. The van der Waals surface area contributed by atoms with Gasteiger partial charge in [0.05, 0.1) is 0 Å². The van der Waals surface area contributed by atoms with Crippen LogP contribution in [0.1, 0.15) is 47.5 Å². The van der Waals surface area contributed by atoms with Gasteiger partial charge in [0.15, 0.2) is 5.78 Å². The molecule has 3 aliphatic rings. The molecule has 1 aromatic carbocycles. The first kappa shape index (κ1) is 17.7. The number of carbonyl (C=O) groups excluding carboxylic acids is 2. The Balaban J connectivity index is 1.39. The minimum absolute atomic E-state index is 0.00138. The van der Waals surface area contributed by atoms with E-state index in [9.17, 15) is 9.59 Å². The Bertz CT molecular complexity index is 835. The molecular formula is C20H23N3O4. The molecule has 3 aliphatic heterocycles. The van der Waals surface area contributed by atoms with Crippen LogP contribution in [0.4, 0.5) is 0 Å². The van der Waals surface area contributed by atoms with Gasteiger partial charge in [0, 0.05) is 24.6 Å². The number of Topliss-reactive ketones (excluding diaryl/α,β-unsaturated/α-hetero) is 1. The second-order valence-corrected chi connectivity index (χ2v) is 7.29. The van der Waals surface area contributed by atoms with E-state index in [0.29, 0.717) is 23.3 Å². The fraction of sp³-hybridized carbons (Fsp3) is 0.450. The van der Waals surface area contributed by atoms with Gasteiger partial charge in [-0.05, 0) is 63.0 Å². The predicted molar refractivity (Wildman–Crippen MR) is 98.0 cm³/mol. The summed E-state index contributed by atoms with van der Waals surface area (Å²) in [5.41, 5.74) is 0.801. The lowest BCUT2D eigenvalue weighted by atomic mass is 9.79. The van der Waals surface area contributed by atoms with E-state index >= 15 is 0 Å². The number of ketones is 1. The summed E-state index contributed by atoms with van der Waals surface area (Å²) in [7, 11) is 0. The van der Waals surface area contributed by atoms with Gasteiger partial charge in [-0.1, -0.05) is 0 Å². The average molecular weight is 369 g/mol. The van der Waals surface area contributed by atoms with Crippen LogP contribution in [0.15, 0.2) is 34.9 Å². The molecule has 0 saturated carbocycles. The van der Waals surface area contributed by atoms with Crippen molar-refractivity contribution in [1.82, 2.24) is 15.2 Å². The quantitative estimate of drug-likeness (QED) is 0.816. The van der Waals surface area contributed by atoms with E-state index in [1.165, 1.54) is 13.2 Å². The molecule has 1 N–H and O–H groups in total. The Hall–Kier alpha value is -2.67. The first-order chi connectivity index (χ1) is 13.0. The van der Waals surface area contributed by atoms with Crippen LogP contribution in [0.5, 0.6) is 11.8 Å². The maximum Gasteiger partial charge on any atom is 0.399 e. The number of aromatic nitrogens is 1. The second-order valence-electron chi connectivity index (χ2n) is 7.29. The van der Waals surface area contributed by atoms with E-state index in [2.05, 4.69) is 22.1 Å². The van der Waals surface area contributed by atoms with Crippen LogP contribution in [-0.4, -0.2) is 46.7 Å². The van der Waals surface area contributed by atoms with Gasteiger partial charge in [-0.2, -0.15) is 4.98 Å². The van der Waals surface area contributed by atoms with E-state index in [4.69, 9.17) is 9.15 Å². The van der Waals surface area contributed by atoms with Crippen molar-refractivity contribution >= 4 is 11.7 Å². The minimum atomic E-state index is -0.192. The van der Waals surface area contributed by atoms with Crippen molar-refractivity contribution in [2.45, 2.75) is 38.8 Å². The molecule has 7 heteroatoms. The molecule has 0 aliphatic carbocycles. The third kappa shape index (κ3) is 3.60. The zero-order chi connectivity index (χ0) is 19.0. The lowest BCUT2D eigenvalue weighted by Gasteiger charge is -2.49. The van der Waals surface area contributed by atoms with Crippen LogP contribution in [0.25, 0.3) is 0 Å². The second kappa shape index (κ2) is 7.15. The fourth-order valence-electron chi connectivity index (χ4n) is 4.02. The Morgan fingerprint density at radius 1 is 1.22 bits per heavy atom. The molecule has 1 aromatic heterocycles. The molecule has 0 spiro atoms. The van der Waals surface area contributed by atoms with Gasteiger partial charge < -0.3 is 14.5 Å². The molecule has 2 atom stereocenters. The van der Waals surface area contributed by atoms with Gasteiger partial charge in [-0.3, -0.25) is 14.5 Å².